The fraction of sp³-hybridized carbons (Fsp3) is 0.611. The number of hydrogen-bond acceptors (Lipinski definition) is 4. The van der Waals surface area contributed by atoms with Crippen LogP contribution >= 0.6 is 24.0 Å². The molecule has 8 heteroatoms. The number of guanidine groups is 1. The first kappa shape index (κ1) is 20.9. The molecule has 0 saturated heterocycles. The molecule has 1 aliphatic carbocycles. The third kappa shape index (κ3) is 5.06. The van der Waals surface area contributed by atoms with Gasteiger partial charge in [0.25, 0.3) is 0 Å². The number of aliphatic imine (C=N–C) groups is 1. The van der Waals surface area contributed by atoms with Crippen molar-refractivity contribution in [2.24, 2.45) is 10.4 Å². The van der Waals surface area contributed by atoms with Gasteiger partial charge in [-0.1, -0.05) is 12.5 Å². The molecule has 0 amide bonds. The third-order valence-corrected chi connectivity index (χ3v) is 4.99. The molecule has 7 nitrogen and oxygen atoms in total. The summed E-state index contributed by atoms with van der Waals surface area (Å²) < 4.78 is 7.24. The predicted octanol–water partition coefficient (Wildman–Crippen LogP) is 2.61. The van der Waals surface area contributed by atoms with Crippen LogP contribution in [0.1, 0.15) is 38.4 Å². The minimum absolute atomic E-state index is 0. The van der Waals surface area contributed by atoms with Gasteiger partial charge in [0.05, 0.1) is 0 Å². The highest BCUT2D eigenvalue weighted by atomic mass is 127. The Kier molecular flexibility index (Phi) is 8.08. The number of hydrogen-bond donors (Lipinski definition) is 2. The lowest BCUT2D eigenvalue weighted by Gasteiger charge is -2.42. The second-order valence-electron chi connectivity index (χ2n) is 6.69. The first-order chi connectivity index (χ1) is 12.3. The van der Waals surface area contributed by atoms with E-state index in [0.717, 1.165) is 43.5 Å². The normalized spacial score (nSPS) is 16.0. The highest BCUT2D eigenvalue weighted by Gasteiger charge is 2.36. The van der Waals surface area contributed by atoms with Gasteiger partial charge in [0.2, 0.25) is 0 Å². The average molecular weight is 472 g/mol. The molecule has 2 N–H and O–H groups in total. The van der Waals surface area contributed by atoms with E-state index in [1.807, 2.05) is 28.8 Å². The van der Waals surface area contributed by atoms with E-state index in [9.17, 15) is 0 Å². The van der Waals surface area contributed by atoms with Crippen molar-refractivity contribution in [1.82, 2.24) is 25.2 Å². The maximum Gasteiger partial charge on any atom is 0.191 e. The molecule has 2 aromatic heterocycles. The summed E-state index contributed by atoms with van der Waals surface area (Å²) in [6.07, 6.45) is 6.90. The Morgan fingerprint density at radius 2 is 2.15 bits per heavy atom. The molecule has 0 spiro atoms. The number of aromatic nitrogens is 3. The Morgan fingerprint density at radius 3 is 2.85 bits per heavy atom. The molecule has 0 bridgehead atoms. The van der Waals surface area contributed by atoms with E-state index in [-0.39, 0.29) is 24.0 Å². The van der Waals surface area contributed by atoms with Gasteiger partial charge in [-0.3, -0.25) is 4.40 Å². The number of nitrogens with one attached hydrogen (secondary N) is 2. The van der Waals surface area contributed by atoms with Crippen LogP contribution in [0.4, 0.5) is 0 Å². The monoisotopic (exact) mass is 472 g/mol. The molecule has 0 radical (unpaired) electrons. The van der Waals surface area contributed by atoms with Gasteiger partial charge < -0.3 is 15.4 Å². The maximum absolute atomic E-state index is 5.27. The van der Waals surface area contributed by atoms with Gasteiger partial charge >= 0.3 is 0 Å². The topological polar surface area (TPSA) is 75.8 Å². The fourth-order valence-corrected chi connectivity index (χ4v) is 3.27. The number of halogens is 1. The largest absolute Gasteiger partial charge is 0.385 e. The van der Waals surface area contributed by atoms with Crippen molar-refractivity contribution in [3.05, 3.63) is 30.2 Å². The van der Waals surface area contributed by atoms with Crippen LogP contribution in [0.25, 0.3) is 5.65 Å². The SMILES string of the molecule is CCNC(=NCc1nnc2ccccn12)NCC1(CCOC)CCC1.I. The summed E-state index contributed by atoms with van der Waals surface area (Å²) in [5, 5.41) is 15.2. The second kappa shape index (κ2) is 10.1. The minimum atomic E-state index is 0. The van der Waals surface area contributed by atoms with Crippen LogP contribution in [0.3, 0.4) is 0 Å². The first-order valence-electron chi connectivity index (χ1n) is 9.06. The van der Waals surface area contributed by atoms with Crippen molar-refractivity contribution in [3.8, 4) is 0 Å². The summed E-state index contributed by atoms with van der Waals surface area (Å²) in [5.41, 5.74) is 1.20. The summed E-state index contributed by atoms with van der Waals surface area (Å²) in [7, 11) is 1.77. The van der Waals surface area contributed by atoms with Crippen molar-refractivity contribution < 1.29 is 4.74 Å². The number of rotatable bonds is 8. The highest BCUT2D eigenvalue weighted by molar-refractivity contribution is 14.0. The molecular weight excluding hydrogens is 443 g/mol. The van der Waals surface area contributed by atoms with Crippen LogP contribution in [0.5, 0.6) is 0 Å². The van der Waals surface area contributed by atoms with Gasteiger partial charge in [-0.15, -0.1) is 34.2 Å². The van der Waals surface area contributed by atoms with E-state index in [2.05, 4.69) is 32.7 Å². The average Bonchev–Trinajstić information content (AvgIpc) is 3.01. The molecule has 0 atom stereocenters. The number of pyridine rings is 1. The Bertz CT molecular complexity index is 713. The lowest BCUT2D eigenvalue weighted by molar-refractivity contribution is 0.0732. The van der Waals surface area contributed by atoms with Crippen LogP contribution in [0, 0.1) is 5.41 Å². The van der Waals surface area contributed by atoms with Crippen molar-refractivity contribution in [3.63, 3.8) is 0 Å². The molecule has 0 aliphatic heterocycles. The van der Waals surface area contributed by atoms with E-state index < -0.39 is 0 Å². The summed E-state index contributed by atoms with van der Waals surface area (Å²) in [5.74, 6) is 1.67. The molecule has 2 aromatic rings. The first-order valence-corrected chi connectivity index (χ1v) is 9.06. The molecule has 1 saturated carbocycles. The molecule has 2 heterocycles. The Morgan fingerprint density at radius 1 is 1.31 bits per heavy atom. The molecule has 144 valence electrons. The third-order valence-electron chi connectivity index (χ3n) is 4.99. The number of methoxy groups -OCH3 is 1. The number of nitrogens with zero attached hydrogens (tertiary/aromatic N) is 4. The standard InChI is InChI=1S/C18H28N6O.HI/c1-3-19-17(21-14-18(8-6-9-18)10-12-25-2)20-13-16-23-22-15-7-4-5-11-24(15)16;/h4-5,7,11H,3,6,8-10,12-14H2,1-2H3,(H2,19,20,21);1H. The summed E-state index contributed by atoms with van der Waals surface area (Å²) in [4.78, 5) is 4.69. The van der Waals surface area contributed by atoms with E-state index in [1.54, 1.807) is 7.11 Å². The van der Waals surface area contributed by atoms with Crippen molar-refractivity contribution in [2.75, 3.05) is 26.8 Å². The molecule has 0 aromatic carbocycles. The van der Waals surface area contributed by atoms with Gasteiger partial charge in [-0.2, -0.15) is 0 Å². The van der Waals surface area contributed by atoms with Gasteiger partial charge in [-0.25, -0.2) is 4.99 Å². The van der Waals surface area contributed by atoms with Crippen molar-refractivity contribution in [1.29, 1.82) is 0 Å². The number of fused-ring (bicyclic) bond motifs is 1. The van der Waals surface area contributed by atoms with Gasteiger partial charge in [0.15, 0.2) is 17.4 Å². The molecule has 26 heavy (non-hydrogen) atoms. The number of ether oxygens (including phenoxy) is 1. The Balaban J connectivity index is 0.00000243. The van der Waals surface area contributed by atoms with E-state index in [0.29, 0.717) is 12.0 Å². The van der Waals surface area contributed by atoms with E-state index in [4.69, 9.17) is 4.74 Å². The quantitative estimate of drug-likeness (QED) is 0.351. The highest BCUT2D eigenvalue weighted by Crippen LogP contribution is 2.43. The minimum Gasteiger partial charge on any atom is -0.385 e. The lowest BCUT2D eigenvalue weighted by atomic mass is 9.67. The summed E-state index contributed by atoms with van der Waals surface area (Å²) in [6.45, 7) is 5.15. The van der Waals surface area contributed by atoms with Gasteiger partial charge in [0.1, 0.15) is 6.54 Å². The zero-order valence-electron chi connectivity index (χ0n) is 15.6. The fourth-order valence-electron chi connectivity index (χ4n) is 3.27. The van der Waals surface area contributed by atoms with Crippen LogP contribution in [-0.4, -0.2) is 47.4 Å². The van der Waals surface area contributed by atoms with E-state index >= 15 is 0 Å². The van der Waals surface area contributed by atoms with Crippen LogP contribution in [0.2, 0.25) is 0 Å². The zero-order chi connectivity index (χ0) is 17.5. The summed E-state index contributed by atoms with van der Waals surface area (Å²) in [6, 6.07) is 5.88. The van der Waals surface area contributed by atoms with Crippen molar-refractivity contribution >= 4 is 35.6 Å². The van der Waals surface area contributed by atoms with Gasteiger partial charge in [0, 0.05) is 33.0 Å². The lowest BCUT2D eigenvalue weighted by Crippen LogP contribution is -2.47. The van der Waals surface area contributed by atoms with Crippen LogP contribution in [-0.2, 0) is 11.3 Å². The maximum atomic E-state index is 5.27. The second-order valence-corrected chi connectivity index (χ2v) is 6.69. The molecule has 1 aliphatic rings. The van der Waals surface area contributed by atoms with Gasteiger partial charge in [-0.05, 0) is 43.7 Å². The predicted molar refractivity (Wildman–Crippen MR) is 114 cm³/mol. The van der Waals surface area contributed by atoms with Crippen LogP contribution in [0.15, 0.2) is 29.4 Å². The zero-order valence-corrected chi connectivity index (χ0v) is 17.9. The molecule has 3 rings (SSSR count). The Hall–Kier alpha value is -1.42. The molecule has 1 fully saturated rings. The Labute approximate surface area is 172 Å². The van der Waals surface area contributed by atoms with Crippen LogP contribution < -0.4 is 10.6 Å². The molecular formula is C18H29IN6O. The smallest absolute Gasteiger partial charge is 0.191 e. The van der Waals surface area contributed by atoms with E-state index in [1.165, 1.54) is 19.3 Å². The molecule has 0 unspecified atom stereocenters. The summed E-state index contributed by atoms with van der Waals surface area (Å²) >= 11 is 0. The van der Waals surface area contributed by atoms with Crippen molar-refractivity contribution in [2.45, 2.75) is 39.2 Å².